The summed E-state index contributed by atoms with van der Waals surface area (Å²) in [7, 11) is 0. The van der Waals surface area contributed by atoms with Gasteiger partial charge in [-0.05, 0) is 29.2 Å². The minimum Gasteiger partial charge on any atom is -0.207 e. The molecule has 0 aromatic heterocycles. The molecule has 0 spiro atoms. The molecular weight excluding hydrogens is 310 g/mol. The van der Waals surface area contributed by atoms with Crippen molar-refractivity contribution in [3.63, 3.8) is 0 Å². The molecule has 100 valence electrons. The molecule has 0 saturated heterocycles. The summed E-state index contributed by atoms with van der Waals surface area (Å²) in [6, 6.07) is 11.7. The normalized spacial score (nSPS) is 12.7. The third kappa shape index (κ3) is 3.03. The van der Waals surface area contributed by atoms with Crippen molar-refractivity contribution in [3.05, 3.63) is 70.8 Å². The van der Waals surface area contributed by atoms with Crippen molar-refractivity contribution in [2.75, 3.05) is 0 Å². The zero-order chi connectivity index (χ0) is 14.0. The molecule has 0 aliphatic carbocycles. The molecule has 2 aromatic rings. The zero-order valence-corrected chi connectivity index (χ0v) is 12.4. The minimum atomic E-state index is -0.533. The van der Waals surface area contributed by atoms with Crippen molar-refractivity contribution in [3.8, 4) is 0 Å². The number of hydrogen-bond acceptors (Lipinski definition) is 0. The van der Waals surface area contributed by atoms with Crippen LogP contribution in [-0.4, -0.2) is 0 Å². The molecule has 0 aliphatic heterocycles. The van der Waals surface area contributed by atoms with E-state index in [1.807, 2.05) is 24.3 Å². The van der Waals surface area contributed by atoms with Crippen molar-refractivity contribution < 1.29 is 8.78 Å². The number of benzene rings is 2. The van der Waals surface area contributed by atoms with Gasteiger partial charge >= 0.3 is 0 Å². The summed E-state index contributed by atoms with van der Waals surface area (Å²) in [5, 5.41) is 0. The van der Waals surface area contributed by atoms with Crippen molar-refractivity contribution in [2.24, 2.45) is 0 Å². The van der Waals surface area contributed by atoms with Crippen LogP contribution in [0.4, 0.5) is 8.78 Å². The van der Waals surface area contributed by atoms with E-state index >= 15 is 0 Å². The Kier molecular flexibility index (Phi) is 4.35. The molecule has 3 heteroatoms. The van der Waals surface area contributed by atoms with Crippen molar-refractivity contribution in [1.29, 1.82) is 0 Å². The maximum atomic E-state index is 13.7. The zero-order valence-electron chi connectivity index (χ0n) is 10.8. The van der Waals surface area contributed by atoms with Gasteiger partial charge in [-0.2, -0.15) is 0 Å². The molecule has 19 heavy (non-hydrogen) atoms. The van der Waals surface area contributed by atoms with E-state index in [1.54, 1.807) is 0 Å². The van der Waals surface area contributed by atoms with Crippen molar-refractivity contribution in [2.45, 2.75) is 24.6 Å². The predicted molar refractivity (Wildman–Crippen MR) is 77.7 cm³/mol. The van der Waals surface area contributed by atoms with Gasteiger partial charge in [-0.25, -0.2) is 8.78 Å². The Hall–Kier alpha value is -1.22. The van der Waals surface area contributed by atoms with Crippen molar-refractivity contribution in [1.82, 2.24) is 0 Å². The molecule has 1 unspecified atom stereocenters. The fourth-order valence-corrected chi connectivity index (χ4v) is 2.71. The Morgan fingerprint density at radius 1 is 0.842 bits per heavy atom. The van der Waals surface area contributed by atoms with Crippen LogP contribution in [0.1, 0.15) is 41.3 Å². The van der Waals surface area contributed by atoms with E-state index in [0.29, 0.717) is 5.92 Å². The van der Waals surface area contributed by atoms with Gasteiger partial charge in [0.1, 0.15) is 11.6 Å². The summed E-state index contributed by atoms with van der Waals surface area (Å²) in [6.07, 6.45) is 0. The lowest BCUT2D eigenvalue weighted by atomic mass is 9.98. The fourth-order valence-electron chi connectivity index (χ4n) is 1.97. The van der Waals surface area contributed by atoms with Gasteiger partial charge in [-0.15, -0.1) is 0 Å². The molecule has 0 nitrogen and oxygen atoms in total. The van der Waals surface area contributed by atoms with Crippen molar-refractivity contribution >= 4 is 15.9 Å². The van der Waals surface area contributed by atoms with Gasteiger partial charge in [0.2, 0.25) is 0 Å². The maximum absolute atomic E-state index is 13.7. The van der Waals surface area contributed by atoms with Crippen LogP contribution in [0.3, 0.4) is 0 Å². The SMILES string of the molecule is CC(C)c1ccc(C(Br)c2c(F)cccc2F)cc1. The van der Waals surface area contributed by atoms with E-state index in [2.05, 4.69) is 29.8 Å². The first-order valence-electron chi connectivity index (χ1n) is 6.18. The standard InChI is InChI=1S/C16H15BrF2/c1-10(2)11-6-8-12(9-7-11)16(17)15-13(18)4-3-5-14(15)19/h3-10,16H,1-2H3. The molecule has 0 fully saturated rings. The second-order valence-corrected chi connectivity index (χ2v) is 5.73. The minimum absolute atomic E-state index is 0.0554. The quantitative estimate of drug-likeness (QED) is 0.647. The molecule has 0 saturated carbocycles. The first kappa shape index (κ1) is 14.2. The molecule has 0 N–H and O–H groups in total. The molecule has 1 atom stereocenters. The van der Waals surface area contributed by atoms with Crippen LogP contribution >= 0.6 is 15.9 Å². The first-order valence-corrected chi connectivity index (χ1v) is 7.10. The van der Waals surface area contributed by atoms with Gasteiger partial charge in [0.15, 0.2) is 0 Å². The Labute approximate surface area is 120 Å². The van der Waals surface area contributed by atoms with Crippen LogP contribution in [0, 0.1) is 11.6 Å². The van der Waals surface area contributed by atoms with E-state index < -0.39 is 16.5 Å². The summed E-state index contributed by atoms with van der Waals surface area (Å²) in [5.41, 5.74) is 2.10. The lowest BCUT2D eigenvalue weighted by molar-refractivity contribution is 0.561. The number of alkyl halides is 1. The summed E-state index contributed by atoms with van der Waals surface area (Å²) >= 11 is 3.38. The second-order valence-electron chi connectivity index (χ2n) is 4.82. The Morgan fingerprint density at radius 3 is 1.79 bits per heavy atom. The Bertz CT molecular complexity index is 541. The smallest absolute Gasteiger partial charge is 0.130 e. The van der Waals surface area contributed by atoms with Crippen LogP contribution in [0.2, 0.25) is 0 Å². The molecule has 0 heterocycles. The summed E-state index contributed by atoms with van der Waals surface area (Å²) in [5.74, 6) is -0.627. The van der Waals surface area contributed by atoms with E-state index in [4.69, 9.17) is 0 Å². The van der Waals surface area contributed by atoms with E-state index in [1.165, 1.54) is 23.8 Å². The topological polar surface area (TPSA) is 0 Å². The lowest BCUT2D eigenvalue weighted by Crippen LogP contribution is -2.00. The highest BCUT2D eigenvalue weighted by atomic mass is 79.9. The van der Waals surface area contributed by atoms with Crippen LogP contribution in [0.15, 0.2) is 42.5 Å². The molecular formula is C16H15BrF2. The average molecular weight is 325 g/mol. The van der Waals surface area contributed by atoms with Gasteiger partial charge in [0.25, 0.3) is 0 Å². The number of hydrogen-bond donors (Lipinski definition) is 0. The molecule has 0 bridgehead atoms. The van der Waals surface area contributed by atoms with Crippen LogP contribution in [0.25, 0.3) is 0 Å². The fraction of sp³-hybridized carbons (Fsp3) is 0.250. The third-order valence-corrected chi connectivity index (χ3v) is 4.14. The van der Waals surface area contributed by atoms with Gasteiger partial charge in [0, 0.05) is 5.56 Å². The monoisotopic (exact) mass is 324 g/mol. The van der Waals surface area contributed by atoms with Crippen LogP contribution in [0.5, 0.6) is 0 Å². The highest BCUT2D eigenvalue weighted by Gasteiger charge is 2.19. The lowest BCUT2D eigenvalue weighted by Gasteiger charge is -2.14. The predicted octanol–water partition coefficient (Wildman–Crippen LogP) is 5.57. The number of rotatable bonds is 3. The van der Waals surface area contributed by atoms with Crippen LogP contribution in [-0.2, 0) is 0 Å². The van der Waals surface area contributed by atoms with Gasteiger partial charge in [0.05, 0.1) is 4.83 Å². The molecule has 0 amide bonds. The molecule has 2 rings (SSSR count). The van der Waals surface area contributed by atoms with E-state index in [0.717, 1.165) is 5.56 Å². The van der Waals surface area contributed by atoms with Crippen LogP contribution < -0.4 is 0 Å². The molecule has 0 aliphatic rings. The Morgan fingerprint density at radius 2 is 1.32 bits per heavy atom. The maximum Gasteiger partial charge on any atom is 0.130 e. The largest absolute Gasteiger partial charge is 0.207 e. The van der Waals surface area contributed by atoms with E-state index in [-0.39, 0.29) is 5.56 Å². The summed E-state index contributed by atoms with van der Waals surface area (Å²) in [4.78, 5) is -0.477. The number of halogens is 3. The first-order chi connectivity index (χ1) is 9.00. The van der Waals surface area contributed by atoms with Gasteiger partial charge in [-0.1, -0.05) is 60.1 Å². The average Bonchev–Trinajstić information content (AvgIpc) is 2.38. The third-order valence-electron chi connectivity index (χ3n) is 3.15. The second kappa shape index (κ2) is 5.83. The highest BCUT2D eigenvalue weighted by Crippen LogP contribution is 2.34. The summed E-state index contributed by atoms with van der Waals surface area (Å²) in [6.45, 7) is 4.22. The van der Waals surface area contributed by atoms with Gasteiger partial charge in [-0.3, -0.25) is 0 Å². The molecule has 0 radical (unpaired) electrons. The highest BCUT2D eigenvalue weighted by molar-refractivity contribution is 9.09. The molecule has 2 aromatic carbocycles. The summed E-state index contributed by atoms with van der Waals surface area (Å²) < 4.78 is 27.4. The Balaban J connectivity index is 2.36. The van der Waals surface area contributed by atoms with E-state index in [9.17, 15) is 8.78 Å². The van der Waals surface area contributed by atoms with Gasteiger partial charge < -0.3 is 0 Å².